The molecule has 1 aliphatic rings. The molecule has 1 N–H and O–H groups in total. The van der Waals surface area contributed by atoms with E-state index in [-0.39, 0.29) is 5.69 Å². The van der Waals surface area contributed by atoms with Crippen molar-refractivity contribution in [3.05, 3.63) is 38.3 Å². The summed E-state index contributed by atoms with van der Waals surface area (Å²) in [4.78, 5) is 10.4. The van der Waals surface area contributed by atoms with Crippen LogP contribution in [0.1, 0.15) is 18.4 Å². The molecule has 1 saturated heterocycles. The second-order valence-electron chi connectivity index (χ2n) is 4.55. The Balaban J connectivity index is 1.94. The van der Waals surface area contributed by atoms with Crippen LogP contribution in [0.3, 0.4) is 0 Å². The van der Waals surface area contributed by atoms with Gasteiger partial charge in [-0.15, -0.1) is 0 Å². The summed E-state index contributed by atoms with van der Waals surface area (Å²) in [5, 5.41) is 14.2. The van der Waals surface area contributed by atoms with Gasteiger partial charge in [0.25, 0.3) is 5.69 Å². The van der Waals surface area contributed by atoms with Crippen molar-refractivity contribution in [2.24, 2.45) is 0 Å². The van der Waals surface area contributed by atoms with Gasteiger partial charge in [0.1, 0.15) is 0 Å². The van der Waals surface area contributed by atoms with Gasteiger partial charge in [0.15, 0.2) is 0 Å². The Morgan fingerprint density at radius 3 is 2.74 bits per heavy atom. The van der Waals surface area contributed by atoms with Crippen LogP contribution in [0.2, 0.25) is 0 Å². The Hall–Kier alpha value is -0.790. The molecule has 1 aromatic carbocycles. The summed E-state index contributed by atoms with van der Waals surface area (Å²) in [6, 6.07) is 5.51. The fourth-order valence-corrected chi connectivity index (χ4v) is 3.76. The van der Waals surface area contributed by atoms with E-state index in [2.05, 4.69) is 21.2 Å². The lowest BCUT2D eigenvalue weighted by molar-refractivity contribution is -0.385. The van der Waals surface area contributed by atoms with Gasteiger partial charge >= 0.3 is 0 Å². The van der Waals surface area contributed by atoms with Crippen molar-refractivity contribution in [1.29, 1.82) is 0 Å². The molecular formula is C12H15BrN2O3S. The standard InChI is InChI=1S/C12H15BrN2O3S/c13-11-2-1-9(7-12(11)15(16)17)8-14-10-3-5-19(18)6-4-10/h1-2,7,10,14H,3-6,8H2. The zero-order chi connectivity index (χ0) is 13.8. The van der Waals surface area contributed by atoms with Crippen molar-refractivity contribution in [1.82, 2.24) is 5.32 Å². The predicted octanol–water partition coefficient (Wildman–Crippen LogP) is 2.36. The smallest absolute Gasteiger partial charge is 0.283 e. The molecule has 2 rings (SSSR count). The number of hydrogen-bond acceptors (Lipinski definition) is 4. The lowest BCUT2D eigenvalue weighted by Gasteiger charge is -2.22. The third kappa shape index (κ3) is 4.09. The molecule has 19 heavy (non-hydrogen) atoms. The highest BCUT2D eigenvalue weighted by Crippen LogP contribution is 2.25. The van der Waals surface area contributed by atoms with Gasteiger partial charge in [0.2, 0.25) is 0 Å². The van der Waals surface area contributed by atoms with Gasteiger partial charge in [0, 0.05) is 41.0 Å². The fourth-order valence-electron chi connectivity index (χ4n) is 2.07. The lowest BCUT2D eigenvalue weighted by atomic mass is 10.1. The molecule has 0 spiro atoms. The predicted molar refractivity (Wildman–Crippen MR) is 78.5 cm³/mol. The summed E-state index contributed by atoms with van der Waals surface area (Å²) >= 11 is 3.17. The zero-order valence-electron chi connectivity index (χ0n) is 10.3. The molecule has 0 unspecified atom stereocenters. The van der Waals surface area contributed by atoms with Crippen LogP contribution in [0, 0.1) is 10.1 Å². The number of nitro groups is 1. The molecule has 0 atom stereocenters. The molecule has 0 saturated carbocycles. The Bertz CT molecular complexity index is 500. The van der Waals surface area contributed by atoms with Crippen molar-refractivity contribution < 1.29 is 9.13 Å². The molecule has 5 nitrogen and oxygen atoms in total. The number of halogens is 1. The van der Waals surface area contributed by atoms with E-state index in [1.54, 1.807) is 12.1 Å². The summed E-state index contributed by atoms with van der Waals surface area (Å²) in [6.07, 6.45) is 1.82. The minimum absolute atomic E-state index is 0.0871. The second-order valence-corrected chi connectivity index (χ2v) is 7.10. The van der Waals surface area contributed by atoms with Crippen molar-refractivity contribution in [3.8, 4) is 0 Å². The van der Waals surface area contributed by atoms with E-state index in [1.807, 2.05) is 6.07 Å². The first-order valence-electron chi connectivity index (χ1n) is 6.07. The summed E-state index contributed by atoms with van der Waals surface area (Å²) in [7, 11) is -0.657. The molecule has 1 heterocycles. The van der Waals surface area contributed by atoms with E-state index in [1.165, 1.54) is 0 Å². The SMILES string of the molecule is O=[N+]([O-])c1cc(CNC2CCS(=O)CC2)ccc1Br. The van der Waals surface area contributed by atoms with Gasteiger partial charge < -0.3 is 5.32 Å². The first kappa shape index (κ1) is 14.6. The second kappa shape index (κ2) is 6.58. The van der Waals surface area contributed by atoms with Gasteiger partial charge in [-0.1, -0.05) is 6.07 Å². The average molecular weight is 347 g/mol. The zero-order valence-corrected chi connectivity index (χ0v) is 12.7. The van der Waals surface area contributed by atoms with Crippen LogP contribution in [-0.4, -0.2) is 26.7 Å². The Kier molecular flexibility index (Phi) is 5.06. The minimum atomic E-state index is -0.657. The van der Waals surface area contributed by atoms with Gasteiger partial charge in [-0.25, -0.2) is 0 Å². The van der Waals surface area contributed by atoms with Crippen LogP contribution in [0.25, 0.3) is 0 Å². The molecule has 0 aromatic heterocycles. The van der Waals surface area contributed by atoms with Crippen LogP contribution in [-0.2, 0) is 17.3 Å². The summed E-state index contributed by atoms with van der Waals surface area (Å²) in [5.41, 5.74) is 0.977. The van der Waals surface area contributed by atoms with Gasteiger partial charge in [-0.2, -0.15) is 0 Å². The van der Waals surface area contributed by atoms with E-state index in [4.69, 9.17) is 0 Å². The first-order valence-corrected chi connectivity index (χ1v) is 8.35. The highest BCUT2D eigenvalue weighted by molar-refractivity contribution is 9.10. The first-order chi connectivity index (χ1) is 9.06. The molecule has 1 aromatic rings. The van der Waals surface area contributed by atoms with E-state index >= 15 is 0 Å². The number of hydrogen-bond donors (Lipinski definition) is 1. The topological polar surface area (TPSA) is 72.2 Å². The maximum absolute atomic E-state index is 11.2. The molecule has 0 aliphatic carbocycles. The number of nitrogens with zero attached hydrogens (tertiary/aromatic N) is 1. The maximum atomic E-state index is 11.2. The molecule has 7 heteroatoms. The van der Waals surface area contributed by atoms with E-state index in [9.17, 15) is 14.3 Å². The van der Waals surface area contributed by atoms with Gasteiger partial charge in [-0.05, 0) is 40.4 Å². The number of nitrogens with one attached hydrogen (secondary N) is 1. The van der Waals surface area contributed by atoms with Gasteiger partial charge in [-0.3, -0.25) is 14.3 Å². The molecule has 0 bridgehead atoms. The third-order valence-electron chi connectivity index (χ3n) is 3.19. The normalized spacial score (nSPS) is 23.2. The van der Waals surface area contributed by atoms with Crippen LogP contribution >= 0.6 is 15.9 Å². The monoisotopic (exact) mass is 346 g/mol. The minimum Gasteiger partial charge on any atom is -0.310 e. The molecule has 1 aliphatic heterocycles. The van der Waals surface area contributed by atoms with E-state index < -0.39 is 15.7 Å². The molecule has 104 valence electrons. The lowest BCUT2D eigenvalue weighted by Crippen LogP contribution is -2.35. The summed E-state index contributed by atoms with van der Waals surface area (Å²) in [6.45, 7) is 0.603. The van der Waals surface area contributed by atoms with Crippen LogP contribution in [0.15, 0.2) is 22.7 Å². The Morgan fingerprint density at radius 1 is 1.42 bits per heavy atom. The molecule has 0 radical (unpaired) electrons. The van der Waals surface area contributed by atoms with Crippen LogP contribution in [0.4, 0.5) is 5.69 Å². The maximum Gasteiger partial charge on any atom is 0.283 e. The van der Waals surface area contributed by atoms with E-state index in [0.717, 1.165) is 29.9 Å². The molecule has 0 amide bonds. The van der Waals surface area contributed by atoms with Crippen molar-refractivity contribution in [2.75, 3.05) is 11.5 Å². The third-order valence-corrected chi connectivity index (χ3v) is 5.24. The number of nitro benzene ring substituents is 1. The molecular weight excluding hydrogens is 332 g/mol. The Labute approximate surface area is 122 Å². The van der Waals surface area contributed by atoms with E-state index in [0.29, 0.717) is 17.1 Å². The summed E-state index contributed by atoms with van der Waals surface area (Å²) in [5.74, 6) is 1.50. The number of rotatable bonds is 4. The number of benzene rings is 1. The highest BCUT2D eigenvalue weighted by Gasteiger charge is 2.18. The average Bonchev–Trinajstić information content (AvgIpc) is 2.39. The van der Waals surface area contributed by atoms with Gasteiger partial charge in [0.05, 0.1) is 9.40 Å². The largest absolute Gasteiger partial charge is 0.310 e. The van der Waals surface area contributed by atoms with Crippen molar-refractivity contribution in [3.63, 3.8) is 0 Å². The summed E-state index contributed by atoms with van der Waals surface area (Å²) < 4.78 is 11.7. The van der Waals surface area contributed by atoms with Crippen LogP contribution < -0.4 is 5.32 Å². The fraction of sp³-hybridized carbons (Fsp3) is 0.500. The van der Waals surface area contributed by atoms with Crippen molar-refractivity contribution >= 4 is 32.4 Å². The molecule has 1 fully saturated rings. The van der Waals surface area contributed by atoms with Crippen LogP contribution in [0.5, 0.6) is 0 Å². The van der Waals surface area contributed by atoms with Crippen molar-refractivity contribution in [2.45, 2.75) is 25.4 Å². The highest BCUT2D eigenvalue weighted by atomic mass is 79.9. The Morgan fingerprint density at radius 2 is 2.11 bits per heavy atom. The quantitative estimate of drug-likeness (QED) is 0.670.